The summed E-state index contributed by atoms with van der Waals surface area (Å²) >= 11 is 6.72. The van der Waals surface area contributed by atoms with Gasteiger partial charge in [0, 0.05) is 28.0 Å². The van der Waals surface area contributed by atoms with Gasteiger partial charge in [-0.3, -0.25) is 4.79 Å². The Bertz CT molecular complexity index is 481. The molecule has 2 rings (SSSR count). The molecule has 82 valence electrons. The molecule has 0 bridgehead atoms. The zero-order valence-corrected chi connectivity index (χ0v) is 11.5. The Balaban J connectivity index is 2.35. The molecule has 0 spiro atoms. The van der Waals surface area contributed by atoms with E-state index in [0.29, 0.717) is 18.5 Å². The molecule has 0 aliphatic carbocycles. The van der Waals surface area contributed by atoms with Crippen LogP contribution in [0.4, 0.5) is 5.69 Å². The van der Waals surface area contributed by atoms with Crippen molar-refractivity contribution in [3.63, 3.8) is 0 Å². The number of nitriles is 1. The number of hydrogen-bond donors (Lipinski definition) is 0. The molecule has 1 aliphatic heterocycles. The number of rotatable bonds is 1. The van der Waals surface area contributed by atoms with Gasteiger partial charge in [0.25, 0.3) is 0 Å². The molecule has 1 saturated heterocycles. The summed E-state index contributed by atoms with van der Waals surface area (Å²) in [5, 5.41) is 8.91. The Hall–Kier alpha value is -0.860. The molecule has 1 unspecified atom stereocenters. The summed E-state index contributed by atoms with van der Waals surface area (Å²) in [6.45, 7) is 0.658. The summed E-state index contributed by atoms with van der Waals surface area (Å²) in [7, 11) is 0. The van der Waals surface area contributed by atoms with Crippen LogP contribution in [0.25, 0.3) is 0 Å². The van der Waals surface area contributed by atoms with Gasteiger partial charge in [0.15, 0.2) is 0 Å². The summed E-state index contributed by atoms with van der Waals surface area (Å²) in [5.74, 6) is 0.0908. The average molecular weight is 344 g/mol. The first-order chi connectivity index (χ1) is 7.61. The van der Waals surface area contributed by atoms with Crippen molar-refractivity contribution in [2.24, 2.45) is 0 Å². The molecule has 0 N–H and O–H groups in total. The Kier molecular flexibility index (Phi) is 3.31. The van der Waals surface area contributed by atoms with Crippen LogP contribution < -0.4 is 4.90 Å². The van der Waals surface area contributed by atoms with Gasteiger partial charge >= 0.3 is 0 Å². The zero-order valence-electron chi connectivity index (χ0n) is 8.28. The highest BCUT2D eigenvalue weighted by Gasteiger charge is 2.28. The lowest BCUT2D eigenvalue weighted by molar-refractivity contribution is -0.117. The van der Waals surface area contributed by atoms with Crippen LogP contribution in [0.5, 0.6) is 0 Å². The van der Waals surface area contributed by atoms with Crippen LogP contribution in [-0.4, -0.2) is 17.3 Å². The molecule has 1 amide bonds. The molecule has 1 fully saturated rings. The van der Waals surface area contributed by atoms with Gasteiger partial charge in [0.05, 0.1) is 5.56 Å². The number of amides is 1. The van der Waals surface area contributed by atoms with Gasteiger partial charge in [-0.2, -0.15) is 5.26 Å². The number of benzene rings is 1. The van der Waals surface area contributed by atoms with E-state index in [1.807, 2.05) is 6.07 Å². The molecular formula is C11H8Br2N2O. The Labute approximate surface area is 110 Å². The minimum absolute atomic E-state index is 0.0908. The Morgan fingerprint density at radius 1 is 1.50 bits per heavy atom. The number of nitrogens with zero attached hydrogens (tertiary/aromatic N) is 2. The fraction of sp³-hybridized carbons (Fsp3) is 0.273. The highest BCUT2D eigenvalue weighted by molar-refractivity contribution is 9.10. The number of carbonyl (C=O) groups is 1. The van der Waals surface area contributed by atoms with Crippen molar-refractivity contribution in [2.75, 3.05) is 11.4 Å². The lowest BCUT2D eigenvalue weighted by Crippen LogP contribution is -2.24. The first-order valence-electron chi connectivity index (χ1n) is 4.76. The van der Waals surface area contributed by atoms with E-state index < -0.39 is 0 Å². The minimum Gasteiger partial charge on any atom is -0.311 e. The van der Waals surface area contributed by atoms with Crippen LogP contribution in [-0.2, 0) is 4.79 Å². The van der Waals surface area contributed by atoms with Crippen LogP contribution in [0.15, 0.2) is 22.7 Å². The van der Waals surface area contributed by atoms with Crippen molar-refractivity contribution < 1.29 is 4.79 Å². The van der Waals surface area contributed by atoms with E-state index in [-0.39, 0.29) is 10.7 Å². The number of halogens is 2. The fourth-order valence-electron chi connectivity index (χ4n) is 1.68. The van der Waals surface area contributed by atoms with Gasteiger partial charge in [0.1, 0.15) is 6.07 Å². The summed E-state index contributed by atoms with van der Waals surface area (Å²) < 4.78 is 0.751. The summed E-state index contributed by atoms with van der Waals surface area (Å²) in [4.78, 5) is 13.6. The zero-order chi connectivity index (χ0) is 11.7. The van der Waals surface area contributed by atoms with Crippen LogP contribution >= 0.6 is 31.9 Å². The molecule has 0 saturated carbocycles. The lowest BCUT2D eigenvalue weighted by atomic mass is 10.2. The van der Waals surface area contributed by atoms with Gasteiger partial charge in [-0.15, -0.1) is 0 Å². The third-order valence-electron chi connectivity index (χ3n) is 2.46. The predicted octanol–water partition coefficient (Wildman–Crippen LogP) is 2.82. The van der Waals surface area contributed by atoms with Crippen molar-refractivity contribution >= 4 is 43.5 Å². The van der Waals surface area contributed by atoms with E-state index in [1.165, 1.54) is 0 Å². The normalized spacial score (nSPS) is 19.9. The molecule has 1 heterocycles. The quantitative estimate of drug-likeness (QED) is 0.736. The predicted molar refractivity (Wildman–Crippen MR) is 68.5 cm³/mol. The molecule has 3 nitrogen and oxygen atoms in total. The van der Waals surface area contributed by atoms with Crippen molar-refractivity contribution in [3.8, 4) is 6.07 Å². The van der Waals surface area contributed by atoms with E-state index >= 15 is 0 Å². The van der Waals surface area contributed by atoms with Gasteiger partial charge in [-0.25, -0.2) is 0 Å². The maximum atomic E-state index is 11.7. The van der Waals surface area contributed by atoms with E-state index in [0.717, 1.165) is 10.2 Å². The smallest absolute Gasteiger partial charge is 0.228 e. The van der Waals surface area contributed by atoms with Gasteiger partial charge in [-0.1, -0.05) is 15.9 Å². The molecule has 1 aliphatic rings. The molecule has 5 heteroatoms. The average Bonchev–Trinajstić information content (AvgIpc) is 2.59. The van der Waals surface area contributed by atoms with Crippen molar-refractivity contribution in [1.29, 1.82) is 5.26 Å². The highest BCUT2D eigenvalue weighted by Crippen LogP contribution is 2.28. The third-order valence-corrected chi connectivity index (χ3v) is 3.76. The van der Waals surface area contributed by atoms with Crippen LogP contribution in [0.3, 0.4) is 0 Å². The van der Waals surface area contributed by atoms with Gasteiger partial charge < -0.3 is 4.90 Å². The Morgan fingerprint density at radius 2 is 2.25 bits per heavy atom. The molecule has 1 atom stereocenters. The van der Waals surface area contributed by atoms with Crippen molar-refractivity contribution in [3.05, 3.63) is 28.2 Å². The van der Waals surface area contributed by atoms with Crippen LogP contribution in [0, 0.1) is 11.3 Å². The standard InChI is InChI=1S/C11H8Br2N2O/c12-8-4-11(16)15(6-8)9-1-2-10(13)7(3-9)5-14/h1-3,8H,4,6H2. The van der Waals surface area contributed by atoms with Gasteiger partial charge in [-0.05, 0) is 34.1 Å². The summed E-state index contributed by atoms with van der Waals surface area (Å²) in [6, 6.07) is 7.45. The minimum atomic E-state index is 0.0908. The summed E-state index contributed by atoms with van der Waals surface area (Å²) in [6.07, 6.45) is 0.512. The molecule has 1 aromatic rings. The molecule has 0 aromatic heterocycles. The Morgan fingerprint density at radius 3 is 2.81 bits per heavy atom. The second-order valence-electron chi connectivity index (χ2n) is 3.58. The fourth-order valence-corrected chi connectivity index (χ4v) is 2.58. The second-order valence-corrected chi connectivity index (χ2v) is 5.73. The van der Waals surface area contributed by atoms with E-state index in [2.05, 4.69) is 37.9 Å². The monoisotopic (exact) mass is 342 g/mol. The maximum absolute atomic E-state index is 11.7. The topological polar surface area (TPSA) is 44.1 Å². The van der Waals surface area contributed by atoms with Crippen molar-refractivity contribution in [1.82, 2.24) is 0 Å². The SMILES string of the molecule is N#Cc1cc(N2CC(Br)CC2=O)ccc1Br. The number of alkyl halides is 1. The summed E-state index contributed by atoms with van der Waals surface area (Å²) in [5.41, 5.74) is 1.33. The van der Waals surface area contributed by atoms with Gasteiger partial charge in [0.2, 0.25) is 5.91 Å². The number of hydrogen-bond acceptors (Lipinski definition) is 2. The van der Waals surface area contributed by atoms with E-state index in [1.54, 1.807) is 17.0 Å². The molecule has 0 radical (unpaired) electrons. The molecule has 16 heavy (non-hydrogen) atoms. The number of anilines is 1. The van der Waals surface area contributed by atoms with Crippen LogP contribution in [0.1, 0.15) is 12.0 Å². The third kappa shape index (κ3) is 2.13. The van der Waals surface area contributed by atoms with Crippen LogP contribution in [0.2, 0.25) is 0 Å². The first-order valence-corrected chi connectivity index (χ1v) is 6.47. The lowest BCUT2D eigenvalue weighted by Gasteiger charge is -2.16. The highest BCUT2D eigenvalue weighted by atomic mass is 79.9. The van der Waals surface area contributed by atoms with E-state index in [4.69, 9.17) is 5.26 Å². The molecule has 1 aromatic carbocycles. The van der Waals surface area contributed by atoms with E-state index in [9.17, 15) is 4.79 Å². The second kappa shape index (κ2) is 4.56. The molecular weight excluding hydrogens is 336 g/mol. The first kappa shape index (κ1) is 11.6. The van der Waals surface area contributed by atoms with Crippen molar-refractivity contribution in [2.45, 2.75) is 11.2 Å². The largest absolute Gasteiger partial charge is 0.311 e. The maximum Gasteiger partial charge on any atom is 0.228 e. The number of carbonyl (C=O) groups excluding carboxylic acids is 1.